The molecule has 84 valence electrons. The van der Waals surface area contributed by atoms with Gasteiger partial charge in [-0.2, -0.15) is 0 Å². The van der Waals surface area contributed by atoms with Crippen molar-refractivity contribution < 1.29 is 9.47 Å². The van der Waals surface area contributed by atoms with Crippen molar-refractivity contribution in [3.05, 3.63) is 29.8 Å². The first-order chi connectivity index (χ1) is 6.92. The van der Waals surface area contributed by atoms with Gasteiger partial charge in [-0.1, -0.05) is 18.2 Å². The van der Waals surface area contributed by atoms with Crippen molar-refractivity contribution in [2.24, 2.45) is 0 Å². The van der Waals surface area contributed by atoms with Crippen molar-refractivity contribution in [3.8, 4) is 5.75 Å². The topological polar surface area (TPSA) is 30.5 Å². The minimum atomic E-state index is 0. The van der Waals surface area contributed by atoms with Gasteiger partial charge in [0, 0.05) is 12.1 Å². The van der Waals surface area contributed by atoms with Gasteiger partial charge < -0.3 is 14.8 Å². The Morgan fingerprint density at radius 3 is 2.87 bits per heavy atom. The zero-order valence-electron chi connectivity index (χ0n) is 8.73. The lowest BCUT2D eigenvalue weighted by atomic mass is 10.1. The molecule has 1 heterocycles. The first-order valence-electron chi connectivity index (χ1n) is 4.86. The Labute approximate surface area is 96.2 Å². The molecule has 15 heavy (non-hydrogen) atoms. The third kappa shape index (κ3) is 2.84. The molecule has 2 rings (SSSR count). The van der Waals surface area contributed by atoms with Crippen LogP contribution in [0, 0.1) is 0 Å². The monoisotopic (exact) mass is 229 g/mol. The number of rotatable bonds is 2. The smallest absolute Gasteiger partial charge is 0.123 e. The lowest BCUT2D eigenvalue weighted by Gasteiger charge is -2.25. The molecule has 0 aliphatic carbocycles. The number of morpholine rings is 1. The lowest BCUT2D eigenvalue weighted by molar-refractivity contribution is 0.0760. The number of nitrogens with one attached hydrogen (secondary N) is 1. The highest BCUT2D eigenvalue weighted by molar-refractivity contribution is 5.85. The zero-order valence-corrected chi connectivity index (χ0v) is 9.55. The Hall–Kier alpha value is -0.770. The molecule has 1 unspecified atom stereocenters. The molecule has 1 N–H and O–H groups in total. The van der Waals surface area contributed by atoms with Crippen molar-refractivity contribution in [2.75, 3.05) is 26.9 Å². The Morgan fingerprint density at radius 1 is 1.40 bits per heavy atom. The van der Waals surface area contributed by atoms with Crippen LogP contribution in [0.2, 0.25) is 0 Å². The average Bonchev–Trinajstić information content (AvgIpc) is 2.30. The molecule has 0 spiro atoms. The summed E-state index contributed by atoms with van der Waals surface area (Å²) in [6, 6.07) is 8.32. The third-order valence-electron chi connectivity index (χ3n) is 2.44. The van der Waals surface area contributed by atoms with Gasteiger partial charge in [0.2, 0.25) is 0 Å². The van der Waals surface area contributed by atoms with Gasteiger partial charge in [-0.3, -0.25) is 0 Å². The quantitative estimate of drug-likeness (QED) is 0.839. The zero-order chi connectivity index (χ0) is 9.80. The molecule has 1 atom stereocenters. The van der Waals surface area contributed by atoms with Crippen molar-refractivity contribution in [2.45, 2.75) is 6.04 Å². The lowest BCUT2D eigenvalue weighted by Crippen LogP contribution is -2.34. The number of methoxy groups -OCH3 is 1. The minimum absolute atomic E-state index is 0. The van der Waals surface area contributed by atoms with Gasteiger partial charge in [0.25, 0.3) is 0 Å². The second kappa shape index (κ2) is 5.95. The van der Waals surface area contributed by atoms with Crippen LogP contribution in [0.5, 0.6) is 5.75 Å². The van der Waals surface area contributed by atoms with E-state index in [4.69, 9.17) is 9.47 Å². The molecule has 1 fully saturated rings. The molecule has 1 aliphatic heterocycles. The summed E-state index contributed by atoms with van der Waals surface area (Å²) in [6.07, 6.45) is 0. The molecule has 3 nitrogen and oxygen atoms in total. The summed E-state index contributed by atoms with van der Waals surface area (Å²) in [5, 5.41) is 3.41. The molecule has 0 saturated carbocycles. The maximum Gasteiger partial charge on any atom is 0.123 e. The van der Waals surface area contributed by atoms with Crippen LogP contribution in [-0.2, 0) is 4.74 Å². The van der Waals surface area contributed by atoms with E-state index in [0.717, 1.165) is 25.5 Å². The molecule has 1 aromatic rings. The van der Waals surface area contributed by atoms with Crippen LogP contribution in [0.25, 0.3) is 0 Å². The summed E-state index contributed by atoms with van der Waals surface area (Å²) >= 11 is 0. The van der Waals surface area contributed by atoms with Crippen LogP contribution in [-0.4, -0.2) is 26.9 Å². The Bertz CT molecular complexity index is 300. The van der Waals surface area contributed by atoms with Crippen molar-refractivity contribution in [3.63, 3.8) is 0 Å². The Morgan fingerprint density at radius 2 is 2.20 bits per heavy atom. The molecule has 1 aliphatic rings. The molecule has 4 heteroatoms. The van der Waals surface area contributed by atoms with Gasteiger partial charge in [-0.25, -0.2) is 0 Å². The van der Waals surface area contributed by atoms with Gasteiger partial charge in [0.15, 0.2) is 0 Å². The fourth-order valence-electron chi connectivity index (χ4n) is 1.72. The van der Waals surface area contributed by atoms with E-state index < -0.39 is 0 Å². The summed E-state index contributed by atoms with van der Waals surface area (Å²) in [5.74, 6) is 0.926. The summed E-state index contributed by atoms with van der Waals surface area (Å²) in [6.45, 7) is 2.43. The first kappa shape index (κ1) is 12.3. The summed E-state index contributed by atoms with van der Waals surface area (Å²) in [5.41, 5.74) is 1.18. The van der Waals surface area contributed by atoms with Gasteiger partial charge in [-0.05, 0) is 6.07 Å². The molecule has 1 aromatic carbocycles. The minimum Gasteiger partial charge on any atom is -0.496 e. The van der Waals surface area contributed by atoms with E-state index in [2.05, 4.69) is 11.4 Å². The van der Waals surface area contributed by atoms with E-state index >= 15 is 0 Å². The molecule has 0 bridgehead atoms. The first-order valence-corrected chi connectivity index (χ1v) is 4.86. The van der Waals surface area contributed by atoms with E-state index in [9.17, 15) is 0 Å². The second-order valence-electron chi connectivity index (χ2n) is 3.32. The summed E-state index contributed by atoms with van der Waals surface area (Å²) in [7, 11) is 1.70. The molecule has 0 aromatic heterocycles. The largest absolute Gasteiger partial charge is 0.496 e. The summed E-state index contributed by atoms with van der Waals surface area (Å²) < 4.78 is 10.7. The molecule has 0 radical (unpaired) electrons. The van der Waals surface area contributed by atoms with Crippen LogP contribution < -0.4 is 10.1 Å². The highest BCUT2D eigenvalue weighted by Gasteiger charge is 2.17. The average molecular weight is 230 g/mol. The number of hydrogen-bond acceptors (Lipinski definition) is 3. The number of benzene rings is 1. The van der Waals surface area contributed by atoms with E-state index in [-0.39, 0.29) is 18.4 Å². The highest BCUT2D eigenvalue weighted by Crippen LogP contribution is 2.25. The van der Waals surface area contributed by atoms with Gasteiger partial charge in [0.05, 0.1) is 26.4 Å². The van der Waals surface area contributed by atoms with Gasteiger partial charge in [0.1, 0.15) is 5.75 Å². The Kier molecular flexibility index (Phi) is 4.88. The molecule has 1 saturated heterocycles. The van der Waals surface area contributed by atoms with Crippen LogP contribution in [0.15, 0.2) is 24.3 Å². The Balaban J connectivity index is 0.00000112. The van der Waals surface area contributed by atoms with Crippen LogP contribution >= 0.6 is 12.4 Å². The second-order valence-corrected chi connectivity index (χ2v) is 3.32. The SMILES string of the molecule is COc1ccccc1C1COCCN1.Cl. The molecule has 0 amide bonds. The maximum absolute atomic E-state index is 5.42. The van der Waals surface area contributed by atoms with Gasteiger partial charge in [-0.15, -0.1) is 12.4 Å². The molecular weight excluding hydrogens is 214 g/mol. The number of hydrogen-bond donors (Lipinski definition) is 1. The number of halogens is 1. The number of ether oxygens (including phenoxy) is 2. The van der Waals surface area contributed by atoms with Crippen molar-refractivity contribution in [1.82, 2.24) is 5.32 Å². The maximum atomic E-state index is 5.42. The third-order valence-corrected chi connectivity index (χ3v) is 2.44. The van der Waals surface area contributed by atoms with Crippen molar-refractivity contribution >= 4 is 12.4 Å². The van der Waals surface area contributed by atoms with E-state index in [1.165, 1.54) is 5.56 Å². The normalized spacial score (nSPS) is 20.5. The van der Waals surface area contributed by atoms with Crippen molar-refractivity contribution in [1.29, 1.82) is 0 Å². The summed E-state index contributed by atoms with van der Waals surface area (Å²) in [4.78, 5) is 0. The predicted molar refractivity (Wildman–Crippen MR) is 61.8 cm³/mol. The van der Waals surface area contributed by atoms with E-state index in [0.29, 0.717) is 0 Å². The molecular formula is C11H16ClNO2. The van der Waals surface area contributed by atoms with Gasteiger partial charge >= 0.3 is 0 Å². The van der Waals surface area contributed by atoms with Crippen LogP contribution in [0.3, 0.4) is 0 Å². The number of para-hydroxylation sites is 1. The fraction of sp³-hybridized carbons (Fsp3) is 0.455. The van der Waals surface area contributed by atoms with Crippen LogP contribution in [0.1, 0.15) is 11.6 Å². The fourth-order valence-corrected chi connectivity index (χ4v) is 1.72. The van der Waals surface area contributed by atoms with E-state index in [1.54, 1.807) is 7.11 Å². The van der Waals surface area contributed by atoms with Crippen LogP contribution in [0.4, 0.5) is 0 Å². The highest BCUT2D eigenvalue weighted by atomic mass is 35.5. The standard InChI is InChI=1S/C11H15NO2.ClH/c1-13-11-5-3-2-4-9(11)10-8-14-7-6-12-10;/h2-5,10,12H,6-8H2,1H3;1H. The predicted octanol–water partition coefficient (Wildman–Crippen LogP) is 1.78. The van der Waals surface area contributed by atoms with E-state index in [1.807, 2.05) is 18.2 Å².